The van der Waals surface area contributed by atoms with Crippen LogP contribution in [-0.2, 0) is 11.3 Å². The average molecular weight is 423 g/mol. The highest BCUT2D eigenvalue weighted by Crippen LogP contribution is 2.28. The highest BCUT2D eigenvalue weighted by molar-refractivity contribution is 9.10. The number of nitrogens with zero attached hydrogens (tertiary/aromatic N) is 1. The number of carbonyl (C=O) groups excluding carboxylic acids is 1. The van der Waals surface area contributed by atoms with E-state index >= 15 is 0 Å². The molecular weight excluding hydrogens is 399 g/mol. The summed E-state index contributed by atoms with van der Waals surface area (Å²) in [6.07, 6.45) is 0. The minimum absolute atomic E-state index is 0.0151. The van der Waals surface area contributed by atoms with Gasteiger partial charge in [0.15, 0.2) is 0 Å². The summed E-state index contributed by atoms with van der Waals surface area (Å²) in [6, 6.07) is 11.7. The van der Waals surface area contributed by atoms with Crippen LogP contribution in [0.5, 0.6) is 5.75 Å². The number of hydrogen-bond donors (Lipinski definition) is 1. The Morgan fingerprint density at radius 2 is 2.00 bits per heavy atom. The molecule has 0 saturated heterocycles. The molecule has 2 unspecified atom stereocenters. The fourth-order valence-electron chi connectivity index (χ4n) is 2.81. The molecular formula is C20H24BrFN2O2. The molecule has 0 aliphatic carbocycles. The largest absolute Gasteiger partial charge is 0.496 e. The minimum atomic E-state index is -0.371. The van der Waals surface area contributed by atoms with Crippen molar-refractivity contribution in [3.05, 3.63) is 63.9 Å². The van der Waals surface area contributed by atoms with E-state index in [9.17, 15) is 9.18 Å². The van der Waals surface area contributed by atoms with Gasteiger partial charge in [0.25, 0.3) is 0 Å². The quantitative estimate of drug-likeness (QED) is 0.723. The summed E-state index contributed by atoms with van der Waals surface area (Å²) in [5.74, 6) is 0.418. The first-order valence-electron chi connectivity index (χ1n) is 8.40. The van der Waals surface area contributed by atoms with E-state index in [1.807, 2.05) is 38.1 Å². The normalized spacial score (nSPS) is 13.2. The number of carbonyl (C=O) groups is 1. The molecule has 1 N–H and O–H groups in total. The SMILES string of the molecule is COc1ccc(C(C)NC(C)C(=O)N(C)Cc2cccc(F)c2)cc1Br. The van der Waals surface area contributed by atoms with Crippen molar-refractivity contribution >= 4 is 21.8 Å². The lowest BCUT2D eigenvalue weighted by molar-refractivity contribution is -0.132. The van der Waals surface area contributed by atoms with Gasteiger partial charge in [-0.2, -0.15) is 0 Å². The third-order valence-electron chi connectivity index (χ3n) is 4.23. The van der Waals surface area contributed by atoms with Crippen LogP contribution in [-0.4, -0.2) is 31.0 Å². The Morgan fingerprint density at radius 1 is 1.27 bits per heavy atom. The van der Waals surface area contributed by atoms with Gasteiger partial charge in [-0.1, -0.05) is 18.2 Å². The molecule has 2 atom stereocenters. The van der Waals surface area contributed by atoms with Gasteiger partial charge in [0, 0.05) is 19.6 Å². The van der Waals surface area contributed by atoms with E-state index in [2.05, 4.69) is 21.2 Å². The molecule has 0 aliphatic rings. The Balaban J connectivity index is 1.98. The number of amides is 1. The van der Waals surface area contributed by atoms with Crippen LogP contribution in [0.3, 0.4) is 0 Å². The maximum absolute atomic E-state index is 13.3. The molecule has 0 saturated carbocycles. The molecule has 0 spiro atoms. The zero-order valence-corrected chi connectivity index (χ0v) is 17.0. The molecule has 140 valence electrons. The fraction of sp³-hybridized carbons (Fsp3) is 0.350. The predicted octanol–water partition coefficient (Wildman–Crippen LogP) is 4.29. The van der Waals surface area contributed by atoms with Crippen molar-refractivity contribution in [1.29, 1.82) is 0 Å². The molecule has 2 rings (SSSR count). The van der Waals surface area contributed by atoms with Crippen molar-refractivity contribution in [3.8, 4) is 5.75 Å². The number of rotatable bonds is 7. The molecule has 1 amide bonds. The van der Waals surface area contributed by atoms with Gasteiger partial charge in [0.2, 0.25) is 5.91 Å². The molecule has 0 bridgehead atoms. The van der Waals surface area contributed by atoms with Crippen molar-refractivity contribution < 1.29 is 13.9 Å². The van der Waals surface area contributed by atoms with E-state index in [1.165, 1.54) is 12.1 Å². The summed E-state index contributed by atoms with van der Waals surface area (Å²) in [7, 11) is 3.34. The van der Waals surface area contributed by atoms with E-state index in [1.54, 1.807) is 25.1 Å². The first kappa shape index (κ1) is 20.4. The number of likely N-dealkylation sites (N-methyl/N-ethyl adjacent to an activating group) is 1. The van der Waals surface area contributed by atoms with Crippen LogP contribution in [0.4, 0.5) is 4.39 Å². The fourth-order valence-corrected chi connectivity index (χ4v) is 3.37. The van der Waals surface area contributed by atoms with E-state index < -0.39 is 0 Å². The molecule has 0 aliphatic heterocycles. The van der Waals surface area contributed by atoms with Gasteiger partial charge in [0.1, 0.15) is 11.6 Å². The van der Waals surface area contributed by atoms with Gasteiger partial charge in [0.05, 0.1) is 17.6 Å². The lowest BCUT2D eigenvalue weighted by Crippen LogP contribution is -2.43. The smallest absolute Gasteiger partial charge is 0.239 e. The zero-order chi connectivity index (χ0) is 19.3. The van der Waals surface area contributed by atoms with Crippen molar-refractivity contribution in [3.63, 3.8) is 0 Å². The second-order valence-corrected chi connectivity index (χ2v) is 7.18. The van der Waals surface area contributed by atoms with E-state index in [-0.39, 0.29) is 23.8 Å². The summed E-state index contributed by atoms with van der Waals surface area (Å²) in [5, 5.41) is 3.31. The van der Waals surface area contributed by atoms with Crippen LogP contribution >= 0.6 is 15.9 Å². The van der Waals surface area contributed by atoms with Gasteiger partial charge in [-0.25, -0.2) is 4.39 Å². The standard InChI is InChI=1S/C20H24BrFN2O2/c1-13(16-8-9-19(26-4)18(21)11-16)23-14(2)20(25)24(3)12-15-6-5-7-17(22)10-15/h5-11,13-14,23H,12H2,1-4H3. The third-order valence-corrected chi connectivity index (χ3v) is 4.85. The van der Waals surface area contributed by atoms with E-state index in [4.69, 9.17) is 4.74 Å². The molecule has 0 radical (unpaired) electrons. The van der Waals surface area contributed by atoms with Crippen molar-refractivity contribution in [1.82, 2.24) is 10.2 Å². The number of methoxy groups -OCH3 is 1. The van der Waals surface area contributed by atoms with Gasteiger partial charge < -0.3 is 9.64 Å². The summed E-state index contributed by atoms with van der Waals surface area (Å²) in [6.45, 7) is 4.20. The lowest BCUT2D eigenvalue weighted by atomic mass is 10.1. The topological polar surface area (TPSA) is 41.6 Å². The van der Waals surface area contributed by atoms with Crippen molar-refractivity contribution in [2.45, 2.75) is 32.5 Å². The highest BCUT2D eigenvalue weighted by atomic mass is 79.9. The number of ether oxygens (including phenoxy) is 1. The summed E-state index contributed by atoms with van der Waals surface area (Å²) in [4.78, 5) is 14.2. The van der Waals surface area contributed by atoms with Gasteiger partial charge in [-0.15, -0.1) is 0 Å². The molecule has 4 nitrogen and oxygen atoms in total. The summed E-state index contributed by atoms with van der Waals surface area (Å²) >= 11 is 3.48. The Kier molecular flexibility index (Phi) is 7.17. The highest BCUT2D eigenvalue weighted by Gasteiger charge is 2.20. The molecule has 2 aromatic carbocycles. The maximum atomic E-state index is 13.3. The van der Waals surface area contributed by atoms with E-state index in [0.29, 0.717) is 6.54 Å². The molecule has 2 aromatic rings. The molecule has 6 heteroatoms. The number of halogens is 2. The minimum Gasteiger partial charge on any atom is -0.496 e. The predicted molar refractivity (Wildman–Crippen MR) is 105 cm³/mol. The van der Waals surface area contributed by atoms with Crippen LogP contribution < -0.4 is 10.1 Å². The first-order valence-corrected chi connectivity index (χ1v) is 9.20. The number of hydrogen-bond acceptors (Lipinski definition) is 3. The van der Waals surface area contributed by atoms with Crippen LogP contribution in [0.1, 0.15) is 31.0 Å². The van der Waals surface area contributed by atoms with Crippen LogP contribution in [0.15, 0.2) is 46.9 Å². The second kappa shape index (κ2) is 9.14. The Bertz CT molecular complexity index is 769. The number of nitrogens with one attached hydrogen (secondary N) is 1. The van der Waals surface area contributed by atoms with Gasteiger partial charge in [-0.3, -0.25) is 10.1 Å². The first-order chi connectivity index (χ1) is 12.3. The monoisotopic (exact) mass is 422 g/mol. The second-order valence-electron chi connectivity index (χ2n) is 6.33. The lowest BCUT2D eigenvalue weighted by Gasteiger charge is -2.25. The van der Waals surface area contributed by atoms with Gasteiger partial charge >= 0.3 is 0 Å². The van der Waals surface area contributed by atoms with Crippen molar-refractivity contribution in [2.24, 2.45) is 0 Å². The van der Waals surface area contributed by atoms with E-state index in [0.717, 1.165) is 21.3 Å². The molecule has 0 aromatic heterocycles. The Morgan fingerprint density at radius 3 is 2.62 bits per heavy atom. The zero-order valence-electron chi connectivity index (χ0n) is 15.4. The van der Waals surface area contributed by atoms with Crippen LogP contribution in [0, 0.1) is 5.82 Å². The van der Waals surface area contributed by atoms with Crippen LogP contribution in [0.25, 0.3) is 0 Å². The maximum Gasteiger partial charge on any atom is 0.239 e. The summed E-state index contributed by atoms with van der Waals surface area (Å²) in [5.41, 5.74) is 1.81. The average Bonchev–Trinajstić information content (AvgIpc) is 2.60. The van der Waals surface area contributed by atoms with Crippen LogP contribution in [0.2, 0.25) is 0 Å². The molecule has 0 fully saturated rings. The Hall–Kier alpha value is -1.92. The van der Waals surface area contributed by atoms with Crippen molar-refractivity contribution in [2.75, 3.05) is 14.2 Å². The number of benzene rings is 2. The molecule has 26 heavy (non-hydrogen) atoms. The molecule has 0 heterocycles. The third kappa shape index (κ3) is 5.29. The Labute approximate surface area is 162 Å². The summed E-state index contributed by atoms with van der Waals surface area (Å²) < 4.78 is 19.4. The van der Waals surface area contributed by atoms with Gasteiger partial charge in [-0.05, 0) is 65.2 Å².